The van der Waals surface area contributed by atoms with E-state index in [2.05, 4.69) is 22.9 Å². The quantitative estimate of drug-likeness (QED) is 0.855. The van der Waals surface area contributed by atoms with Crippen LogP contribution < -0.4 is 0 Å². The maximum atomic E-state index is 12.0. The summed E-state index contributed by atoms with van der Waals surface area (Å²) in [5, 5.41) is 0. The lowest BCUT2D eigenvalue weighted by atomic mass is 10.1. The maximum Gasteiger partial charge on any atom is 0.410 e. The van der Waals surface area contributed by atoms with Crippen LogP contribution in [0.2, 0.25) is 0 Å². The highest BCUT2D eigenvalue weighted by molar-refractivity contribution is 5.67. The molecule has 2 heterocycles. The third kappa shape index (κ3) is 5.82. The van der Waals surface area contributed by atoms with Gasteiger partial charge in [-0.05, 0) is 57.7 Å². The molecule has 1 aromatic heterocycles. The fourth-order valence-electron chi connectivity index (χ4n) is 2.97. The fraction of sp³-hybridized carbons (Fsp3) is 0.667. The third-order valence-corrected chi connectivity index (χ3v) is 3.94. The van der Waals surface area contributed by atoms with Gasteiger partial charge in [0.2, 0.25) is 0 Å². The minimum Gasteiger partial charge on any atom is -0.444 e. The van der Waals surface area contributed by atoms with Crippen molar-refractivity contribution in [1.29, 1.82) is 0 Å². The number of carbonyl (C=O) groups is 1. The molecule has 1 aliphatic heterocycles. The predicted octanol–water partition coefficient (Wildman–Crippen LogP) is 3.08. The number of pyridine rings is 1. The first kappa shape index (κ1) is 17.7. The highest BCUT2D eigenvalue weighted by atomic mass is 16.6. The topological polar surface area (TPSA) is 45.7 Å². The van der Waals surface area contributed by atoms with Gasteiger partial charge in [0.05, 0.1) is 0 Å². The van der Waals surface area contributed by atoms with E-state index in [4.69, 9.17) is 4.74 Å². The number of carbonyl (C=O) groups excluding carboxylic acids is 1. The molecule has 1 amide bonds. The van der Waals surface area contributed by atoms with E-state index in [1.54, 1.807) is 4.90 Å². The van der Waals surface area contributed by atoms with E-state index in [-0.39, 0.29) is 6.09 Å². The molecule has 2 rings (SSSR count). The molecule has 0 radical (unpaired) electrons. The Bertz CT molecular complexity index is 539. The van der Waals surface area contributed by atoms with E-state index in [9.17, 15) is 4.79 Å². The first-order valence-electron chi connectivity index (χ1n) is 8.30. The van der Waals surface area contributed by atoms with E-state index >= 15 is 0 Å². The molecule has 0 saturated carbocycles. The molecule has 128 valence electrons. The van der Waals surface area contributed by atoms with Gasteiger partial charge in [-0.25, -0.2) is 4.79 Å². The van der Waals surface area contributed by atoms with Gasteiger partial charge in [0.1, 0.15) is 5.60 Å². The molecule has 23 heavy (non-hydrogen) atoms. The lowest BCUT2D eigenvalue weighted by Gasteiger charge is -2.26. The normalized spacial score (nSPS) is 18.9. The predicted molar refractivity (Wildman–Crippen MR) is 91.2 cm³/mol. The molecule has 0 aromatic carbocycles. The summed E-state index contributed by atoms with van der Waals surface area (Å²) in [7, 11) is 1.82. The number of aryl methyl sites for hydroxylation is 1. The summed E-state index contributed by atoms with van der Waals surface area (Å²) in [4.78, 5) is 20.4. The van der Waals surface area contributed by atoms with Crippen molar-refractivity contribution in [2.45, 2.75) is 46.3 Å². The molecular formula is C18H29N3O2. The number of ether oxygens (including phenoxy) is 1. The highest BCUT2D eigenvalue weighted by Crippen LogP contribution is 2.20. The second-order valence-electron chi connectivity index (χ2n) is 7.62. The zero-order valence-corrected chi connectivity index (χ0v) is 15.0. The van der Waals surface area contributed by atoms with Gasteiger partial charge in [-0.15, -0.1) is 0 Å². The van der Waals surface area contributed by atoms with Crippen LogP contribution in [0.4, 0.5) is 4.79 Å². The van der Waals surface area contributed by atoms with Crippen LogP contribution in [-0.4, -0.2) is 53.2 Å². The van der Waals surface area contributed by atoms with Crippen LogP contribution in [0.1, 0.15) is 38.3 Å². The number of amides is 1. The molecule has 0 bridgehead atoms. The van der Waals surface area contributed by atoms with Crippen LogP contribution in [0.15, 0.2) is 18.5 Å². The summed E-state index contributed by atoms with van der Waals surface area (Å²) in [6.07, 6.45) is 4.70. The molecule has 0 N–H and O–H groups in total. The molecule has 1 aromatic rings. The minimum absolute atomic E-state index is 0.237. The largest absolute Gasteiger partial charge is 0.444 e. The number of nitrogens with zero attached hydrogens (tertiary/aromatic N) is 3. The number of hydrogen-bond acceptors (Lipinski definition) is 4. The molecule has 0 unspecified atom stereocenters. The van der Waals surface area contributed by atoms with Crippen molar-refractivity contribution in [3.63, 3.8) is 0 Å². The molecule has 5 nitrogen and oxygen atoms in total. The molecule has 1 saturated heterocycles. The Morgan fingerprint density at radius 2 is 2.17 bits per heavy atom. The minimum atomic E-state index is -0.439. The third-order valence-electron chi connectivity index (χ3n) is 3.94. The Morgan fingerprint density at radius 1 is 1.43 bits per heavy atom. The van der Waals surface area contributed by atoms with Crippen LogP contribution >= 0.6 is 0 Å². The van der Waals surface area contributed by atoms with Crippen molar-refractivity contribution in [3.8, 4) is 0 Å². The smallest absolute Gasteiger partial charge is 0.410 e. The Labute approximate surface area is 139 Å². The highest BCUT2D eigenvalue weighted by Gasteiger charge is 2.27. The zero-order valence-electron chi connectivity index (χ0n) is 15.0. The van der Waals surface area contributed by atoms with Gasteiger partial charge >= 0.3 is 6.09 Å². The van der Waals surface area contributed by atoms with Gasteiger partial charge in [0.25, 0.3) is 0 Å². The van der Waals surface area contributed by atoms with Gasteiger partial charge < -0.3 is 9.64 Å². The molecular weight excluding hydrogens is 290 g/mol. The van der Waals surface area contributed by atoms with Crippen LogP contribution in [0.3, 0.4) is 0 Å². The van der Waals surface area contributed by atoms with Crippen molar-refractivity contribution in [2.24, 2.45) is 5.92 Å². The van der Waals surface area contributed by atoms with Gasteiger partial charge in [-0.2, -0.15) is 0 Å². The lowest BCUT2D eigenvalue weighted by molar-refractivity contribution is 0.0274. The van der Waals surface area contributed by atoms with E-state index < -0.39 is 5.60 Å². The zero-order chi connectivity index (χ0) is 17.0. The van der Waals surface area contributed by atoms with Crippen molar-refractivity contribution in [3.05, 3.63) is 29.6 Å². The Kier molecular flexibility index (Phi) is 5.63. The Morgan fingerprint density at radius 3 is 2.83 bits per heavy atom. The van der Waals surface area contributed by atoms with Gasteiger partial charge in [-0.3, -0.25) is 9.88 Å². The molecule has 1 aliphatic rings. The van der Waals surface area contributed by atoms with Crippen molar-refractivity contribution < 1.29 is 9.53 Å². The SMILES string of the molecule is Cc1cncc(CN2CC[C@@H](CN(C)C(=O)OC(C)(C)C)C2)c1. The summed E-state index contributed by atoms with van der Waals surface area (Å²) in [5.41, 5.74) is 2.01. The van der Waals surface area contributed by atoms with Crippen molar-refractivity contribution >= 4 is 6.09 Å². The van der Waals surface area contributed by atoms with Crippen molar-refractivity contribution in [2.75, 3.05) is 26.7 Å². The van der Waals surface area contributed by atoms with E-state index in [0.717, 1.165) is 32.6 Å². The standard InChI is InChI=1S/C18H29N3O2/c1-14-8-16(10-19-9-14)13-21-7-6-15(12-21)11-20(5)17(22)23-18(2,3)4/h8-10,15H,6-7,11-13H2,1-5H3/t15-/m0/s1. The van der Waals surface area contributed by atoms with Crippen molar-refractivity contribution in [1.82, 2.24) is 14.8 Å². The molecule has 1 atom stereocenters. The summed E-state index contributed by atoms with van der Waals surface area (Å²) in [6, 6.07) is 2.19. The van der Waals surface area contributed by atoms with E-state index in [1.807, 2.05) is 40.2 Å². The lowest BCUT2D eigenvalue weighted by Crippen LogP contribution is -2.37. The monoisotopic (exact) mass is 319 g/mol. The second kappa shape index (κ2) is 7.30. The summed E-state index contributed by atoms with van der Waals surface area (Å²) in [6.45, 7) is 11.5. The molecule has 0 spiro atoms. The Hall–Kier alpha value is -1.62. The summed E-state index contributed by atoms with van der Waals surface area (Å²) < 4.78 is 5.41. The molecule has 5 heteroatoms. The Balaban J connectivity index is 1.80. The first-order chi connectivity index (χ1) is 10.7. The number of aromatic nitrogens is 1. The summed E-state index contributed by atoms with van der Waals surface area (Å²) >= 11 is 0. The van der Waals surface area contributed by atoms with Crippen LogP contribution in [0.5, 0.6) is 0 Å². The van der Waals surface area contributed by atoms with Crippen LogP contribution in [0.25, 0.3) is 0 Å². The number of rotatable bonds is 4. The van der Waals surface area contributed by atoms with Gasteiger partial charge in [0.15, 0.2) is 0 Å². The van der Waals surface area contributed by atoms with Crippen LogP contribution in [0, 0.1) is 12.8 Å². The average Bonchev–Trinajstić information content (AvgIpc) is 2.84. The molecule has 1 fully saturated rings. The van der Waals surface area contributed by atoms with E-state index in [0.29, 0.717) is 5.92 Å². The van der Waals surface area contributed by atoms with Crippen LogP contribution in [-0.2, 0) is 11.3 Å². The number of likely N-dealkylation sites (tertiary alicyclic amines) is 1. The maximum absolute atomic E-state index is 12.0. The number of hydrogen-bond donors (Lipinski definition) is 0. The average molecular weight is 319 g/mol. The van der Waals surface area contributed by atoms with E-state index in [1.165, 1.54) is 11.1 Å². The fourth-order valence-corrected chi connectivity index (χ4v) is 2.97. The molecule has 0 aliphatic carbocycles. The first-order valence-corrected chi connectivity index (χ1v) is 8.30. The summed E-state index contributed by atoms with van der Waals surface area (Å²) in [5.74, 6) is 0.505. The van der Waals surface area contributed by atoms with Gasteiger partial charge in [-0.1, -0.05) is 6.07 Å². The van der Waals surface area contributed by atoms with Gasteiger partial charge in [0, 0.05) is 39.1 Å². The second-order valence-corrected chi connectivity index (χ2v) is 7.62.